The third-order valence-corrected chi connectivity index (χ3v) is 4.91. The lowest BCUT2D eigenvalue weighted by atomic mass is 9.97. The molecule has 118 valence electrons. The van der Waals surface area contributed by atoms with Gasteiger partial charge in [0.15, 0.2) is 0 Å². The van der Waals surface area contributed by atoms with Crippen LogP contribution in [0.5, 0.6) is 0 Å². The second-order valence-electron chi connectivity index (χ2n) is 5.55. The molecule has 1 saturated heterocycles. The molecule has 1 fully saturated rings. The van der Waals surface area contributed by atoms with Gasteiger partial charge in [0.05, 0.1) is 10.0 Å². The monoisotopic (exact) mass is 332 g/mol. The van der Waals surface area contributed by atoms with E-state index in [1.54, 1.807) is 0 Å². The van der Waals surface area contributed by atoms with Gasteiger partial charge in [0.2, 0.25) is 0 Å². The van der Waals surface area contributed by atoms with E-state index in [1.807, 2.05) is 0 Å². The Labute approximate surface area is 136 Å². The highest BCUT2D eigenvalue weighted by Gasteiger charge is 2.27. The largest absolute Gasteiger partial charge is 0.314 e. The number of halogens is 3. The fourth-order valence-electron chi connectivity index (χ4n) is 2.94. The van der Waals surface area contributed by atoms with Crippen LogP contribution in [0.1, 0.15) is 44.2 Å². The van der Waals surface area contributed by atoms with Crippen LogP contribution in [-0.2, 0) is 0 Å². The van der Waals surface area contributed by atoms with Gasteiger partial charge in [-0.25, -0.2) is 4.39 Å². The third-order valence-electron chi connectivity index (χ3n) is 4.09. The van der Waals surface area contributed by atoms with E-state index in [0.29, 0.717) is 15.6 Å². The first-order chi connectivity index (χ1) is 10.1. The van der Waals surface area contributed by atoms with Crippen molar-refractivity contribution in [2.24, 2.45) is 0 Å². The lowest BCUT2D eigenvalue weighted by molar-refractivity contribution is 0.159. The van der Waals surface area contributed by atoms with Crippen molar-refractivity contribution in [2.45, 2.75) is 38.6 Å². The molecule has 0 amide bonds. The summed E-state index contributed by atoms with van der Waals surface area (Å²) in [5, 5.41) is 4.14. The van der Waals surface area contributed by atoms with E-state index >= 15 is 0 Å². The SMILES string of the molecule is CCCCC[C@@H](c1c(F)ccc(Cl)c1Cl)N1CCNCC1. The van der Waals surface area contributed by atoms with Crippen molar-refractivity contribution in [3.63, 3.8) is 0 Å². The van der Waals surface area contributed by atoms with Gasteiger partial charge in [-0.2, -0.15) is 0 Å². The molecule has 0 aliphatic carbocycles. The van der Waals surface area contributed by atoms with E-state index in [9.17, 15) is 4.39 Å². The molecule has 1 atom stereocenters. The molecule has 1 N–H and O–H groups in total. The number of nitrogens with one attached hydrogen (secondary N) is 1. The molecule has 5 heteroatoms. The second kappa shape index (κ2) is 8.33. The lowest BCUT2D eigenvalue weighted by Gasteiger charge is -2.36. The van der Waals surface area contributed by atoms with Crippen LogP contribution in [-0.4, -0.2) is 31.1 Å². The zero-order chi connectivity index (χ0) is 15.2. The van der Waals surface area contributed by atoms with Crippen LogP contribution in [0.4, 0.5) is 4.39 Å². The maximum Gasteiger partial charge on any atom is 0.129 e. The Morgan fingerprint density at radius 3 is 2.62 bits per heavy atom. The molecule has 1 aliphatic heterocycles. The van der Waals surface area contributed by atoms with Crippen LogP contribution in [0.25, 0.3) is 0 Å². The van der Waals surface area contributed by atoms with Crippen molar-refractivity contribution < 1.29 is 4.39 Å². The van der Waals surface area contributed by atoms with Gasteiger partial charge in [0.25, 0.3) is 0 Å². The van der Waals surface area contributed by atoms with Crippen LogP contribution in [0.2, 0.25) is 10.0 Å². The molecule has 21 heavy (non-hydrogen) atoms. The first kappa shape index (κ1) is 17.0. The minimum absolute atomic E-state index is 0.0184. The van der Waals surface area contributed by atoms with Crippen molar-refractivity contribution in [1.82, 2.24) is 10.2 Å². The van der Waals surface area contributed by atoms with Crippen LogP contribution in [0.3, 0.4) is 0 Å². The number of nitrogens with zero attached hydrogens (tertiary/aromatic N) is 1. The summed E-state index contributed by atoms with van der Waals surface area (Å²) in [5.74, 6) is -0.246. The van der Waals surface area contributed by atoms with Gasteiger partial charge in [0.1, 0.15) is 5.82 Å². The second-order valence-corrected chi connectivity index (χ2v) is 6.34. The molecule has 1 heterocycles. The number of piperazine rings is 1. The molecule has 1 aromatic carbocycles. The minimum atomic E-state index is -0.246. The fourth-order valence-corrected chi connectivity index (χ4v) is 3.38. The van der Waals surface area contributed by atoms with Crippen molar-refractivity contribution >= 4 is 23.2 Å². The van der Waals surface area contributed by atoms with Crippen molar-refractivity contribution in [3.8, 4) is 0 Å². The molecular formula is C16H23Cl2FN2. The Hall–Kier alpha value is -0.350. The van der Waals surface area contributed by atoms with E-state index < -0.39 is 0 Å². The molecule has 1 aliphatic rings. The van der Waals surface area contributed by atoms with Crippen LogP contribution < -0.4 is 5.32 Å². The van der Waals surface area contributed by atoms with Crippen LogP contribution >= 0.6 is 23.2 Å². The van der Waals surface area contributed by atoms with Gasteiger partial charge < -0.3 is 5.32 Å². The van der Waals surface area contributed by atoms with Crippen LogP contribution in [0, 0.1) is 5.82 Å². The summed E-state index contributed by atoms with van der Waals surface area (Å²) in [5.41, 5.74) is 0.571. The molecule has 2 rings (SSSR count). The summed E-state index contributed by atoms with van der Waals surface area (Å²) >= 11 is 12.4. The van der Waals surface area contributed by atoms with Gasteiger partial charge in [-0.3, -0.25) is 4.90 Å². The van der Waals surface area contributed by atoms with E-state index in [-0.39, 0.29) is 11.9 Å². The summed E-state index contributed by atoms with van der Waals surface area (Å²) in [6.07, 6.45) is 4.31. The summed E-state index contributed by atoms with van der Waals surface area (Å²) in [7, 11) is 0. The van der Waals surface area contributed by atoms with Crippen molar-refractivity contribution in [3.05, 3.63) is 33.6 Å². The smallest absolute Gasteiger partial charge is 0.129 e. The van der Waals surface area contributed by atoms with E-state index in [1.165, 1.54) is 12.1 Å². The molecule has 0 bridgehead atoms. The minimum Gasteiger partial charge on any atom is -0.314 e. The number of hydrogen-bond acceptors (Lipinski definition) is 2. The number of benzene rings is 1. The van der Waals surface area contributed by atoms with Crippen molar-refractivity contribution in [1.29, 1.82) is 0 Å². The van der Waals surface area contributed by atoms with Gasteiger partial charge in [0, 0.05) is 37.8 Å². The maximum atomic E-state index is 14.4. The number of unbranched alkanes of at least 4 members (excludes halogenated alkanes) is 2. The Morgan fingerprint density at radius 1 is 1.24 bits per heavy atom. The highest BCUT2D eigenvalue weighted by Crippen LogP contribution is 2.37. The molecule has 0 radical (unpaired) electrons. The summed E-state index contributed by atoms with van der Waals surface area (Å²) in [6, 6.07) is 2.98. The Bertz CT molecular complexity index is 462. The van der Waals surface area contributed by atoms with Crippen LogP contribution in [0.15, 0.2) is 12.1 Å². The molecule has 0 aromatic heterocycles. The average molecular weight is 333 g/mol. The normalized spacial score (nSPS) is 17.9. The first-order valence-corrected chi connectivity index (χ1v) is 8.49. The van der Waals surface area contributed by atoms with Gasteiger partial charge in [-0.05, 0) is 18.6 Å². The van der Waals surface area contributed by atoms with Gasteiger partial charge in [-0.1, -0.05) is 49.4 Å². The molecular weight excluding hydrogens is 310 g/mol. The molecule has 0 unspecified atom stereocenters. The van der Waals surface area contributed by atoms with Gasteiger partial charge in [-0.15, -0.1) is 0 Å². The predicted molar refractivity (Wildman–Crippen MR) is 87.7 cm³/mol. The molecule has 2 nitrogen and oxygen atoms in total. The Balaban J connectivity index is 2.27. The Kier molecular flexibility index (Phi) is 6.74. The van der Waals surface area contributed by atoms with Crippen molar-refractivity contribution in [2.75, 3.05) is 26.2 Å². The predicted octanol–water partition coefficient (Wildman–Crippen LogP) is 4.66. The van der Waals surface area contributed by atoms with Gasteiger partial charge >= 0.3 is 0 Å². The standard InChI is InChI=1S/C16H23Cl2FN2/c1-2-3-4-5-14(21-10-8-20-9-11-21)15-13(19)7-6-12(17)16(15)18/h6-7,14,20H,2-5,8-11H2,1H3/t14-/m0/s1. The van der Waals surface area contributed by atoms with E-state index in [4.69, 9.17) is 23.2 Å². The molecule has 1 aromatic rings. The zero-order valence-corrected chi connectivity index (χ0v) is 14.0. The summed E-state index contributed by atoms with van der Waals surface area (Å²) in [6.45, 7) is 5.87. The fraction of sp³-hybridized carbons (Fsp3) is 0.625. The highest BCUT2D eigenvalue weighted by molar-refractivity contribution is 6.42. The number of hydrogen-bond donors (Lipinski definition) is 1. The molecule has 0 spiro atoms. The lowest BCUT2D eigenvalue weighted by Crippen LogP contribution is -2.45. The Morgan fingerprint density at radius 2 is 1.95 bits per heavy atom. The average Bonchev–Trinajstić information content (AvgIpc) is 2.51. The first-order valence-electron chi connectivity index (χ1n) is 7.73. The summed E-state index contributed by atoms with van der Waals surface area (Å²) in [4.78, 5) is 2.33. The topological polar surface area (TPSA) is 15.3 Å². The third kappa shape index (κ3) is 4.32. The van der Waals surface area contributed by atoms with E-state index in [0.717, 1.165) is 51.9 Å². The molecule has 0 saturated carbocycles. The summed E-state index contributed by atoms with van der Waals surface area (Å²) < 4.78 is 14.4. The maximum absolute atomic E-state index is 14.4. The van der Waals surface area contributed by atoms with E-state index in [2.05, 4.69) is 17.1 Å². The number of rotatable bonds is 6. The zero-order valence-electron chi connectivity index (χ0n) is 12.5. The quantitative estimate of drug-likeness (QED) is 0.602. The highest BCUT2D eigenvalue weighted by atomic mass is 35.5.